The summed E-state index contributed by atoms with van der Waals surface area (Å²) in [6, 6.07) is 11.6. The fraction of sp³-hybridized carbons (Fsp3) is 0.200. The Morgan fingerprint density at radius 1 is 0.952 bits per heavy atom. The smallest absolute Gasteiger partial charge is 0.140 e. The van der Waals surface area contributed by atoms with E-state index in [1.807, 2.05) is 0 Å². The van der Waals surface area contributed by atoms with Crippen molar-refractivity contribution in [3.63, 3.8) is 0 Å². The first kappa shape index (κ1) is 15.7. The predicted molar refractivity (Wildman–Crippen MR) is 72.3 cm³/mol. The number of rotatable bonds is 4. The second-order valence-electron chi connectivity index (χ2n) is 3.75. The summed E-state index contributed by atoms with van der Waals surface area (Å²) in [4.78, 5) is 0. The summed E-state index contributed by atoms with van der Waals surface area (Å²) < 4.78 is 10.3. The van der Waals surface area contributed by atoms with E-state index >= 15 is 0 Å². The molecule has 102 valence electrons. The van der Waals surface area contributed by atoms with Crippen molar-refractivity contribution in [2.45, 2.75) is 0 Å². The van der Waals surface area contributed by atoms with Gasteiger partial charge in [-0.25, -0.2) is 0 Å². The van der Waals surface area contributed by atoms with Crippen LogP contribution in [-0.4, -0.2) is 20.3 Å². The van der Waals surface area contributed by atoms with Gasteiger partial charge in [0, 0.05) is 17.5 Å². The minimum atomic E-state index is -0.107. The molecule has 1 aromatic carbocycles. The SMILES string of the molecule is COCCOc1cc(=C(C#N)C#N)ccc1=C(C#N)C#N. The number of benzene rings is 1. The van der Waals surface area contributed by atoms with Crippen LogP contribution in [0.25, 0.3) is 11.1 Å². The summed E-state index contributed by atoms with van der Waals surface area (Å²) in [5, 5.41) is 36.3. The molecule has 0 aromatic heterocycles. The number of nitriles is 4. The summed E-state index contributed by atoms with van der Waals surface area (Å²) in [6.07, 6.45) is 0. The Kier molecular flexibility index (Phi) is 5.97. The number of nitrogens with zero attached hydrogens (tertiary/aromatic N) is 4. The lowest BCUT2D eigenvalue weighted by Gasteiger charge is -2.06. The van der Waals surface area contributed by atoms with E-state index in [-0.39, 0.29) is 23.5 Å². The minimum Gasteiger partial charge on any atom is -0.490 e. The molecule has 1 aromatic rings. The molecule has 0 aliphatic carbocycles. The van der Waals surface area contributed by atoms with Crippen molar-refractivity contribution in [1.29, 1.82) is 21.0 Å². The van der Waals surface area contributed by atoms with Gasteiger partial charge in [-0.15, -0.1) is 0 Å². The van der Waals surface area contributed by atoms with Gasteiger partial charge in [0.15, 0.2) is 0 Å². The first-order chi connectivity index (χ1) is 10.2. The van der Waals surface area contributed by atoms with Crippen LogP contribution >= 0.6 is 0 Å². The number of hydrogen-bond acceptors (Lipinski definition) is 6. The maximum atomic E-state index is 8.95. The Balaban J connectivity index is 3.59. The molecule has 0 bridgehead atoms. The zero-order valence-electron chi connectivity index (χ0n) is 11.3. The minimum absolute atomic E-state index is 0.0754. The van der Waals surface area contributed by atoms with Gasteiger partial charge in [-0.2, -0.15) is 21.0 Å². The zero-order chi connectivity index (χ0) is 15.7. The van der Waals surface area contributed by atoms with Crippen molar-refractivity contribution in [2.75, 3.05) is 20.3 Å². The molecule has 21 heavy (non-hydrogen) atoms. The van der Waals surface area contributed by atoms with Gasteiger partial charge in [0.05, 0.1) is 6.61 Å². The normalized spacial score (nSPS) is 8.62. The van der Waals surface area contributed by atoms with Gasteiger partial charge >= 0.3 is 0 Å². The van der Waals surface area contributed by atoms with Crippen LogP contribution < -0.4 is 15.2 Å². The molecule has 0 aliphatic rings. The monoisotopic (exact) mass is 278 g/mol. The highest BCUT2D eigenvalue weighted by molar-refractivity contribution is 5.75. The van der Waals surface area contributed by atoms with Crippen LogP contribution in [0.2, 0.25) is 0 Å². The summed E-state index contributed by atoms with van der Waals surface area (Å²) in [6.45, 7) is 0.538. The number of ether oxygens (including phenoxy) is 2. The predicted octanol–water partition coefficient (Wildman–Crippen LogP) is 0.108. The molecule has 0 amide bonds. The van der Waals surface area contributed by atoms with Crippen LogP contribution in [0.5, 0.6) is 5.75 Å². The average Bonchev–Trinajstić information content (AvgIpc) is 2.51. The quantitative estimate of drug-likeness (QED) is 0.722. The highest BCUT2D eigenvalue weighted by Gasteiger charge is 2.05. The van der Waals surface area contributed by atoms with E-state index < -0.39 is 0 Å². The average molecular weight is 278 g/mol. The molecule has 0 spiro atoms. The molecule has 0 fully saturated rings. The van der Waals surface area contributed by atoms with Crippen LogP contribution in [-0.2, 0) is 4.74 Å². The fourth-order valence-corrected chi connectivity index (χ4v) is 1.54. The van der Waals surface area contributed by atoms with Gasteiger partial charge in [0.25, 0.3) is 0 Å². The Bertz CT molecular complexity index is 782. The van der Waals surface area contributed by atoms with Crippen molar-refractivity contribution in [2.24, 2.45) is 0 Å². The molecule has 0 heterocycles. The van der Waals surface area contributed by atoms with Gasteiger partial charge < -0.3 is 9.47 Å². The third kappa shape index (κ3) is 3.82. The molecule has 0 unspecified atom stereocenters. The van der Waals surface area contributed by atoms with Crippen molar-refractivity contribution in [3.8, 4) is 30.0 Å². The fourth-order valence-electron chi connectivity index (χ4n) is 1.54. The van der Waals surface area contributed by atoms with Crippen LogP contribution in [0.4, 0.5) is 0 Å². The Morgan fingerprint density at radius 2 is 1.57 bits per heavy atom. The number of methoxy groups -OCH3 is 1. The second kappa shape index (κ2) is 7.97. The van der Waals surface area contributed by atoms with E-state index in [9.17, 15) is 0 Å². The third-order valence-corrected chi connectivity index (χ3v) is 2.53. The van der Waals surface area contributed by atoms with Crippen LogP contribution in [0.1, 0.15) is 0 Å². The molecule has 0 radical (unpaired) electrons. The lowest BCUT2D eigenvalue weighted by molar-refractivity contribution is 0.146. The van der Waals surface area contributed by atoms with Gasteiger partial charge in [-0.05, 0) is 12.1 Å². The molecule has 0 saturated carbocycles. The van der Waals surface area contributed by atoms with Crippen molar-refractivity contribution in [1.82, 2.24) is 0 Å². The molecule has 0 aliphatic heterocycles. The molecular weight excluding hydrogens is 268 g/mol. The van der Waals surface area contributed by atoms with E-state index in [0.717, 1.165) is 0 Å². The van der Waals surface area contributed by atoms with Crippen LogP contribution in [0, 0.1) is 45.3 Å². The second-order valence-corrected chi connectivity index (χ2v) is 3.75. The summed E-state index contributed by atoms with van der Waals surface area (Å²) in [5.41, 5.74) is -0.182. The van der Waals surface area contributed by atoms with Gasteiger partial charge in [-0.3, -0.25) is 0 Å². The first-order valence-electron chi connectivity index (χ1n) is 5.82. The summed E-state index contributed by atoms with van der Waals surface area (Å²) in [7, 11) is 1.51. The van der Waals surface area contributed by atoms with E-state index in [2.05, 4.69) is 0 Å². The maximum Gasteiger partial charge on any atom is 0.140 e. The Labute approximate surface area is 121 Å². The largest absolute Gasteiger partial charge is 0.490 e. The lowest BCUT2D eigenvalue weighted by Crippen LogP contribution is -2.18. The van der Waals surface area contributed by atoms with E-state index in [4.69, 9.17) is 30.5 Å². The zero-order valence-corrected chi connectivity index (χ0v) is 11.3. The maximum absolute atomic E-state index is 8.95. The first-order valence-corrected chi connectivity index (χ1v) is 5.82. The highest BCUT2D eigenvalue weighted by Crippen LogP contribution is 2.03. The molecule has 6 heteroatoms. The Hall–Kier alpha value is -3.32. The summed E-state index contributed by atoms with van der Waals surface area (Å²) in [5.74, 6) is 0.255. The molecule has 1 rings (SSSR count). The molecule has 0 atom stereocenters. The topological polar surface area (TPSA) is 114 Å². The summed E-state index contributed by atoms with van der Waals surface area (Å²) >= 11 is 0. The Morgan fingerprint density at radius 3 is 2.10 bits per heavy atom. The third-order valence-electron chi connectivity index (χ3n) is 2.53. The standard InChI is InChI=1S/C15H10N4O2/c1-20-4-5-21-15-6-11(12(7-16)8-17)2-3-14(15)13(9-18)10-19/h2-3,6H,4-5H2,1H3. The molecular formula is C15H10N4O2. The number of hydrogen-bond donors (Lipinski definition) is 0. The molecule has 0 N–H and O–H groups in total. The van der Waals surface area contributed by atoms with E-state index in [0.29, 0.717) is 17.0 Å². The van der Waals surface area contributed by atoms with Gasteiger partial charge in [0.1, 0.15) is 47.8 Å². The lowest BCUT2D eigenvalue weighted by atomic mass is 10.1. The van der Waals surface area contributed by atoms with Crippen molar-refractivity contribution >= 4 is 11.1 Å². The van der Waals surface area contributed by atoms with Crippen LogP contribution in [0.15, 0.2) is 18.2 Å². The molecule has 0 saturated heterocycles. The van der Waals surface area contributed by atoms with Gasteiger partial charge in [-0.1, -0.05) is 6.07 Å². The van der Waals surface area contributed by atoms with Crippen LogP contribution in [0.3, 0.4) is 0 Å². The van der Waals surface area contributed by atoms with Crippen molar-refractivity contribution < 1.29 is 9.47 Å². The van der Waals surface area contributed by atoms with Gasteiger partial charge in [0.2, 0.25) is 0 Å². The molecule has 6 nitrogen and oxygen atoms in total. The van der Waals surface area contributed by atoms with E-state index in [1.54, 1.807) is 24.3 Å². The van der Waals surface area contributed by atoms with E-state index in [1.165, 1.54) is 25.3 Å². The highest BCUT2D eigenvalue weighted by atomic mass is 16.5. The van der Waals surface area contributed by atoms with Crippen molar-refractivity contribution in [3.05, 3.63) is 28.6 Å².